The number of nitrogen functional groups attached to an aromatic ring is 1. The first-order chi connectivity index (χ1) is 9.51. The molecule has 0 aliphatic heterocycles. The third-order valence-electron chi connectivity index (χ3n) is 2.72. The number of nitrogens with two attached hydrogens (primary N) is 1. The lowest BCUT2D eigenvalue weighted by Gasteiger charge is -2.20. The largest absolute Gasteiger partial charge is 0.354 e. The van der Waals surface area contributed by atoms with Gasteiger partial charge in [0.15, 0.2) is 5.82 Å². The van der Waals surface area contributed by atoms with Crippen LogP contribution >= 0.6 is 34.8 Å². The fraction of sp³-hybridized carbons (Fsp3) is 0.154. The Balaban J connectivity index is 2.27. The molecule has 4 nitrogen and oxygen atoms in total. The number of hydrazine groups is 1. The van der Waals surface area contributed by atoms with Crippen molar-refractivity contribution in [3.05, 3.63) is 51.0 Å². The van der Waals surface area contributed by atoms with E-state index in [1.807, 2.05) is 36.2 Å². The van der Waals surface area contributed by atoms with Gasteiger partial charge in [-0.2, -0.15) is 0 Å². The van der Waals surface area contributed by atoms with Gasteiger partial charge in [0.05, 0.1) is 10.0 Å². The zero-order valence-corrected chi connectivity index (χ0v) is 13.0. The van der Waals surface area contributed by atoms with Gasteiger partial charge in [0, 0.05) is 18.6 Å². The molecular weight excluding hydrogens is 319 g/mol. The van der Waals surface area contributed by atoms with Crippen molar-refractivity contribution in [2.24, 2.45) is 5.84 Å². The van der Waals surface area contributed by atoms with Crippen LogP contribution in [0.2, 0.25) is 15.1 Å². The number of aromatic nitrogens is 1. The van der Waals surface area contributed by atoms with Crippen molar-refractivity contribution in [1.82, 2.24) is 4.98 Å². The van der Waals surface area contributed by atoms with Gasteiger partial charge < -0.3 is 10.3 Å². The fourth-order valence-electron chi connectivity index (χ4n) is 1.81. The lowest BCUT2D eigenvalue weighted by molar-refractivity contribution is 0.898. The summed E-state index contributed by atoms with van der Waals surface area (Å²) < 4.78 is 0. The highest BCUT2D eigenvalue weighted by Gasteiger charge is 2.13. The summed E-state index contributed by atoms with van der Waals surface area (Å²) in [5.74, 6) is 6.33. The van der Waals surface area contributed by atoms with Crippen LogP contribution in [0.1, 0.15) is 5.56 Å². The Labute approximate surface area is 132 Å². The summed E-state index contributed by atoms with van der Waals surface area (Å²) in [5, 5.41) is 1.52. The van der Waals surface area contributed by atoms with Crippen LogP contribution in [0.15, 0.2) is 30.3 Å². The van der Waals surface area contributed by atoms with Gasteiger partial charge in [0.25, 0.3) is 0 Å². The van der Waals surface area contributed by atoms with Crippen molar-refractivity contribution < 1.29 is 0 Å². The summed E-state index contributed by atoms with van der Waals surface area (Å²) in [4.78, 5) is 6.20. The van der Waals surface area contributed by atoms with Gasteiger partial charge in [-0.05, 0) is 23.8 Å². The highest BCUT2D eigenvalue weighted by molar-refractivity contribution is 6.37. The molecule has 0 amide bonds. The average molecular weight is 332 g/mol. The van der Waals surface area contributed by atoms with Crippen molar-refractivity contribution >= 4 is 46.4 Å². The lowest BCUT2D eigenvalue weighted by atomic mass is 10.2. The third-order valence-corrected chi connectivity index (χ3v) is 3.52. The second-order valence-corrected chi connectivity index (χ2v) is 5.51. The maximum Gasteiger partial charge on any atom is 0.161 e. The second-order valence-electron chi connectivity index (χ2n) is 4.25. The third kappa shape index (κ3) is 3.46. The van der Waals surface area contributed by atoms with Crippen LogP contribution in [0.4, 0.5) is 11.6 Å². The first-order valence-corrected chi connectivity index (χ1v) is 6.93. The van der Waals surface area contributed by atoms with Crippen molar-refractivity contribution in [1.29, 1.82) is 0 Å². The quantitative estimate of drug-likeness (QED) is 0.657. The van der Waals surface area contributed by atoms with Crippen molar-refractivity contribution in [2.75, 3.05) is 17.4 Å². The molecule has 2 rings (SSSR count). The predicted molar refractivity (Wildman–Crippen MR) is 85.6 cm³/mol. The van der Waals surface area contributed by atoms with E-state index in [9.17, 15) is 0 Å². The van der Waals surface area contributed by atoms with Crippen LogP contribution < -0.4 is 16.2 Å². The smallest absolute Gasteiger partial charge is 0.161 e. The Morgan fingerprint density at radius 3 is 2.60 bits per heavy atom. The lowest BCUT2D eigenvalue weighted by Crippen LogP contribution is -2.19. The van der Waals surface area contributed by atoms with Crippen LogP contribution in [0.5, 0.6) is 0 Å². The molecule has 3 N–H and O–H groups in total. The van der Waals surface area contributed by atoms with Gasteiger partial charge in [0.2, 0.25) is 0 Å². The van der Waals surface area contributed by atoms with Gasteiger partial charge in [0.1, 0.15) is 5.82 Å². The molecule has 0 bridgehead atoms. The summed E-state index contributed by atoms with van der Waals surface area (Å²) in [7, 11) is 1.88. The number of nitrogens with one attached hydrogen (secondary N) is 1. The van der Waals surface area contributed by atoms with E-state index in [4.69, 9.17) is 40.6 Å². The number of benzene rings is 1. The summed E-state index contributed by atoms with van der Waals surface area (Å²) in [5.41, 5.74) is 3.49. The van der Waals surface area contributed by atoms with Crippen LogP contribution in [0.3, 0.4) is 0 Å². The van der Waals surface area contributed by atoms with Gasteiger partial charge in [-0.3, -0.25) is 0 Å². The van der Waals surface area contributed by atoms with Crippen LogP contribution in [0, 0.1) is 0 Å². The Kier molecular flexibility index (Phi) is 4.94. The van der Waals surface area contributed by atoms with E-state index >= 15 is 0 Å². The normalized spacial score (nSPS) is 10.4. The molecule has 0 aliphatic carbocycles. The van der Waals surface area contributed by atoms with Crippen molar-refractivity contribution in [3.63, 3.8) is 0 Å². The van der Waals surface area contributed by atoms with Crippen molar-refractivity contribution in [2.45, 2.75) is 6.54 Å². The molecule has 2 aromatic rings. The van der Waals surface area contributed by atoms with Crippen LogP contribution in [-0.2, 0) is 6.54 Å². The molecule has 1 aromatic carbocycles. The number of hydrogen-bond donors (Lipinski definition) is 2. The predicted octanol–water partition coefficient (Wildman–Crippen LogP) is 3.96. The Morgan fingerprint density at radius 1 is 1.20 bits per heavy atom. The maximum absolute atomic E-state index is 6.17. The first-order valence-electron chi connectivity index (χ1n) is 5.79. The summed E-state index contributed by atoms with van der Waals surface area (Å²) in [6.45, 7) is 0.610. The van der Waals surface area contributed by atoms with E-state index < -0.39 is 0 Å². The molecule has 20 heavy (non-hydrogen) atoms. The molecule has 7 heteroatoms. The number of pyridine rings is 1. The van der Waals surface area contributed by atoms with Gasteiger partial charge in [-0.25, -0.2) is 10.8 Å². The SMILES string of the molecule is CN(Cc1cccc(Cl)c1)c1nc(NN)c(Cl)cc1Cl. The minimum absolute atomic E-state index is 0.373. The van der Waals surface area contributed by atoms with Gasteiger partial charge >= 0.3 is 0 Å². The van der Waals surface area contributed by atoms with Crippen LogP contribution in [0.25, 0.3) is 0 Å². The Hall–Kier alpha value is -1.20. The average Bonchev–Trinajstić information content (AvgIpc) is 2.38. The molecule has 0 atom stereocenters. The Morgan fingerprint density at radius 2 is 1.95 bits per heavy atom. The van der Waals surface area contributed by atoms with E-state index in [0.717, 1.165) is 5.56 Å². The zero-order valence-electron chi connectivity index (χ0n) is 10.7. The fourth-order valence-corrected chi connectivity index (χ4v) is 2.58. The molecule has 0 saturated carbocycles. The topological polar surface area (TPSA) is 54.2 Å². The number of nitrogens with zero attached hydrogens (tertiary/aromatic N) is 2. The van der Waals surface area contributed by atoms with Crippen LogP contribution in [-0.4, -0.2) is 12.0 Å². The van der Waals surface area contributed by atoms with E-state index in [-0.39, 0.29) is 0 Å². The first kappa shape index (κ1) is 15.2. The minimum Gasteiger partial charge on any atom is -0.354 e. The molecule has 106 valence electrons. The molecule has 1 heterocycles. The molecule has 0 unspecified atom stereocenters. The van der Waals surface area contributed by atoms with E-state index in [2.05, 4.69) is 10.4 Å². The standard InChI is InChI=1S/C13H13Cl3N4/c1-20(7-8-3-2-4-9(14)5-8)13-11(16)6-10(15)12(18-13)19-17/h2-6H,7,17H2,1H3,(H,18,19). The van der Waals surface area contributed by atoms with Gasteiger partial charge in [-0.1, -0.05) is 46.9 Å². The summed E-state index contributed by atoms with van der Waals surface area (Å²) in [6.07, 6.45) is 0. The number of halogens is 3. The highest BCUT2D eigenvalue weighted by atomic mass is 35.5. The molecule has 0 aliphatic rings. The number of anilines is 2. The van der Waals surface area contributed by atoms with E-state index in [1.54, 1.807) is 6.07 Å². The zero-order chi connectivity index (χ0) is 14.7. The highest BCUT2D eigenvalue weighted by Crippen LogP contribution is 2.31. The van der Waals surface area contributed by atoms with Gasteiger partial charge in [-0.15, -0.1) is 0 Å². The molecule has 0 fully saturated rings. The molecular formula is C13H13Cl3N4. The van der Waals surface area contributed by atoms with E-state index in [1.165, 1.54) is 0 Å². The molecule has 0 radical (unpaired) electrons. The minimum atomic E-state index is 0.373. The summed E-state index contributed by atoms with van der Waals surface area (Å²) in [6, 6.07) is 9.21. The Bertz CT molecular complexity index is 619. The maximum atomic E-state index is 6.17. The monoisotopic (exact) mass is 330 g/mol. The number of rotatable bonds is 4. The molecule has 1 aromatic heterocycles. The summed E-state index contributed by atoms with van der Waals surface area (Å²) >= 11 is 18.1. The number of hydrogen-bond acceptors (Lipinski definition) is 4. The van der Waals surface area contributed by atoms with E-state index in [0.29, 0.717) is 33.2 Å². The van der Waals surface area contributed by atoms with Crippen molar-refractivity contribution in [3.8, 4) is 0 Å². The molecule has 0 saturated heterocycles. The molecule has 0 spiro atoms. The second kappa shape index (κ2) is 6.50.